The second-order valence-electron chi connectivity index (χ2n) is 4.89. The van der Waals surface area contributed by atoms with Crippen molar-refractivity contribution in [2.24, 2.45) is 0 Å². The molecule has 1 amide bonds. The van der Waals surface area contributed by atoms with Gasteiger partial charge < -0.3 is 14.8 Å². The van der Waals surface area contributed by atoms with E-state index in [2.05, 4.69) is 10.1 Å². The van der Waals surface area contributed by atoms with E-state index in [0.29, 0.717) is 11.3 Å². The number of hydrogen-bond donors (Lipinski definition) is 1. The topological polar surface area (TPSA) is 47.6 Å². The lowest BCUT2D eigenvalue weighted by molar-refractivity contribution is -0.104. The summed E-state index contributed by atoms with van der Waals surface area (Å²) >= 11 is 0. The zero-order valence-corrected chi connectivity index (χ0v) is 11.2. The van der Waals surface area contributed by atoms with Crippen LogP contribution in [0.2, 0.25) is 0 Å². The number of alkyl carbamates (subject to hydrolysis) is 1. The van der Waals surface area contributed by atoms with Gasteiger partial charge in [0.25, 0.3) is 0 Å². The minimum Gasteiger partial charge on any atom is -0.497 e. The smallest absolute Gasteiger partial charge is 0.408 e. The summed E-state index contributed by atoms with van der Waals surface area (Å²) in [6.45, 7) is -0.913. The summed E-state index contributed by atoms with van der Waals surface area (Å²) in [6, 6.07) is 8.92. The van der Waals surface area contributed by atoms with E-state index in [0.717, 1.165) is 10.8 Å². The van der Waals surface area contributed by atoms with E-state index in [-0.39, 0.29) is 0 Å². The first kappa shape index (κ1) is 13.6. The third-order valence-electron chi connectivity index (χ3n) is 3.49. The Kier molecular flexibility index (Phi) is 3.16. The zero-order chi connectivity index (χ0) is 15.0. The minimum absolute atomic E-state index is 0.342. The lowest BCUT2D eigenvalue weighted by atomic mass is 9.97. The number of benzene rings is 2. The summed E-state index contributed by atoms with van der Waals surface area (Å²) < 4.78 is 37.2. The van der Waals surface area contributed by atoms with E-state index >= 15 is 0 Å². The number of alkyl halides is 2. The highest BCUT2D eigenvalue weighted by molar-refractivity contribution is 5.85. The second kappa shape index (κ2) is 4.87. The van der Waals surface area contributed by atoms with Gasteiger partial charge >= 0.3 is 12.0 Å². The number of carbonyl (C=O) groups is 1. The molecule has 1 fully saturated rings. The number of carbonyl (C=O) groups excluding carboxylic acids is 1. The number of halogens is 2. The van der Waals surface area contributed by atoms with Crippen LogP contribution in [0.4, 0.5) is 13.6 Å². The van der Waals surface area contributed by atoms with Crippen LogP contribution in [0.5, 0.6) is 5.75 Å². The van der Waals surface area contributed by atoms with Gasteiger partial charge in [0.05, 0.1) is 7.11 Å². The SMILES string of the molecule is COc1ccc2cc([C@@H]3NC(=O)OCC3(F)F)ccc2c1. The van der Waals surface area contributed by atoms with Gasteiger partial charge in [0.15, 0.2) is 6.61 Å². The van der Waals surface area contributed by atoms with Crippen molar-refractivity contribution < 1.29 is 23.0 Å². The minimum atomic E-state index is -3.14. The molecular weight excluding hydrogens is 280 g/mol. The van der Waals surface area contributed by atoms with Gasteiger partial charge in [-0.1, -0.05) is 18.2 Å². The van der Waals surface area contributed by atoms with Crippen molar-refractivity contribution in [1.29, 1.82) is 0 Å². The molecule has 1 atom stereocenters. The summed E-state index contributed by atoms with van der Waals surface area (Å²) in [5.74, 6) is -2.45. The number of ether oxygens (including phenoxy) is 2. The molecule has 1 heterocycles. The van der Waals surface area contributed by atoms with Gasteiger partial charge in [0, 0.05) is 0 Å². The Balaban J connectivity index is 2.02. The zero-order valence-electron chi connectivity index (χ0n) is 11.2. The fraction of sp³-hybridized carbons (Fsp3) is 0.267. The standard InChI is InChI=1S/C15H13F2NO3/c1-20-12-5-4-9-6-11(3-2-10(9)7-12)13-15(16,17)8-21-14(19)18-13/h2-7,13H,8H2,1H3,(H,18,19)/t13-/m0/s1. The Bertz CT molecular complexity index is 702. The fourth-order valence-corrected chi connectivity index (χ4v) is 2.39. The van der Waals surface area contributed by atoms with Crippen LogP contribution in [0, 0.1) is 0 Å². The van der Waals surface area contributed by atoms with Crippen molar-refractivity contribution in [3.05, 3.63) is 42.0 Å². The van der Waals surface area contributed by atoms with E-state index in [1.54, 1.807) is 37.4 Å². The highest BCUT2D eigenvalue weighted by Crippen LogP contribution is 2.35. The first-order chi connectivity index (χ1) is 9.99. The summed E-state index contributed by atoms with van der Waals surface area (Å²) in [5.41, 5.74) is 0.342. The third-order valence-corrected chi connectivity index (χ3v) is 3.49. The highest BCUT2D eigenvalue weighted by atomic mass is 19.3. The summed E-state index contributed by atoms with van der Waals surface area (Å²) in [6.07, 6.45) is -0.833. The van der Waals surface area contributed by atoms with E-state index < -0.39 is 24.7 Å². The molecule has 110 valence electrons. The second-order valence-corrected chi connectivity index (χ2v) is 4.89. The largest absolute Gasteiger partial charge is 0.497 e. The van der Waals surface area contributed by atoms with Crippen molar-refractivity contribution in [2.45, 2.75) is 12.0 Å². The summed E-state index contributed by atoms with van der Waals surface area (Å²) in [7, 11) is 1.56. The maximum atomic E-state index is 13.9. The maximum Gasteiger partial charge on any atom is 0.408 e. The number of nitrogens with one attached hydrogen (secondary N) is 1. The number of hydrogen-bond acceptors (Lipinski definition) is 3. The predicted octanol–water partition coefficient (Wildman–Crippen LogP) is 3.26. The molecule has 1 aliphatic rings. The lowest BCUT2D eigenvalue weighted by Crippen LogP contribution is -2.49. The summed E-state index contributed by atoms with van der Waals surface area (Å²) in [5, 5.41) is 3.85. The number of rotatable bonds is 2. The van der Waals surface area contributed by atoms with Gasteiger partial charge in [-0.25, -0.2) is 13.6 Å². The van der Waals surface area contributed by atoms with Gasteiger partial charge in [-0.3, -0.25) is 0 Å². The van der Waals surface area contributed by atoms with Gasteiger partial charge in [-0.2, -0.15) is 0 Å². The maximum absolute atomic E-state index is 13.9. The Morgan fingerprint density at radius 2 is 1.95 bits per heavy atom. The third kappa shape index (κ3) is 2.49. The fourth-order valence-electron chi connectivity index (χ4n) is 2.39. The van der Waals surface area contributed by atoms with Crippen LogP contribution in [-0.4, -0.2) is 25.7 Å². The predicted molar refractivity (Wildman–Crippen MR) is 72.7 cm³/mol. The lowest BCUT2D eigenvalue weighted by Gasteiger charge is -2.31. The highest BCUT2D eigenvalue weighted by Gasteiger charge is 2.46. The molecule has 0 radical (unpaired) electrons. The Morgan fingerprint density at radius 3 is 2.71 bits per heavy atom. The Hall–Kier alpha value is -2.37. The average Bonchev–Trinajstić information content (AvgIpc) is 2.48. The quantitative estimate of drug-likeness (QED) is 0.924. The van der Waals surface area contributed by atoms with Crippen LogP contribution in [0.15, 0.2) is 36.4 Å². The molecule has 4 nitrogen and oxygen atoms in total. The molecule has 0 unspecified atom stereocenters. The monoisotopic (exact) mass is 293 g/mol. The van der Waals surface area contributed by atoms with E-state index in [4.69, 9.17) is 4.74 Å². The van der Waals surface area contributed by atoms with Crippen LogP contribution in [0.3, 0.4) is 0 Å². The molecule has 1 aliphatic heterocycles. The van der Waals surface area contributed by atoms with Crippen LogP contribution in [-0.2, 0) is 4.74 Å². The van der Waals surface area contributed by atoms with Gasteiger partial charge in [-0.15, -0.1) is 0 Å². The molecule has 0 bridgehead atoms. The molecule has 3 rings (SSSR count). The normalized spacial score (nSPS) is 20.7. The first-order valence-electron chi connectivity index (χ1n) is 6.38. The molecule has 21 heavy (non-hydrogen) atoms. The number of cyclic esters (lactones) is 1. The molecule has 1 N–H and O–H groups in total. The van der Waals surface area contributed by atoms with Crippen LogP contribution in [0.25, 0.3) is 10.8 Å². The van der Waals surface area contributed by atoms with Crippen molar-refractivity contribution >= 4 is 16.9 Å². The van der Waals surface area contributed by atoms with E-state index in [1.165, 1.54) is 0 Å². The van der Waals surface area contributed by atoms with Gasteiger partial charge in [0.1, 0.15) is 11.8 Å². The number of fused-ring (bicyclic) bond motifs is 1. The van der Waals surface area contributed by atoms with Crippen LogP contribution < -0.4 is 10.1 Å². The molecule has 0 aromatic heterocycles. The molecule has 1 saturated heterocycles. The van der Waals surface area contributed by atoms with E-state index in [1.807, 2.05) is 6.07 Å². The Morgan fingerprint density at radius 1 is 1.24 bits per heavy atom. The van der Waals surface area contributed by atoms with Gasteiger partial charge in [0.2, 0.25) is 0 Å². The van der Waals surface area contributed by atoms with Crippen molar-refractivity contribution in [1.82, 2.24) is 5.32 Å². The summed E-state index contributed by atoms with van der Waals surface area (Å²) in [4.78, 5) is 11.2. The molecule has 0 saturated carbocycles. The van der Waals surface area contributed by atoms with E-state index in [9.17, 15) is 13.6 Å². The van der Waals surface area contributed by atoms with Crippen molar-refractivity contribution in [3.8, 4) is 5.75 Å². The molecule has 2 aromatic carbocycles. The molecule has 0 aliphatic carbocycles. The molecule has 2 aromatic rings. The van der Waals surface area contributed by atoms with Gasteiger partial charge in [-0.05, 0) is 34.5 Å². The van der Waals surface area contributed by atoms with Crippen LogP contribution >= 0.6 is 0 Å². The van der Waals surface area contributed by atoms with Crippen LogP contribution in [0.1, 0.15) is 11.6 Å². The number of methoxy groups -OCH3 is 1. The number of amides is 1. The Labute approximate surface area is 119 Å². The molecular formula is C15H13F2NO3. The molecule has 0 spiro atoms. The van der Waals surface area contributed by atoms with Crippen molar-refractivity contribution in [2.75, 3.05) is 13.7 Å². The van der Waals surface area contributed by atoms with Crippen molar-refractivity contribution in [3.63, 3.8) is 0 Å². The molecule has 6 heteroatoms. The average molecular weight is 293 g/mol. The first-order valence-corrected chi connectivity index (χ1v) is 6.38.